The molecule has 0 aliphatic heterocycles. The molecule has 0 aromatic carbocycles. The van der Waals surface area contributed by atoms with Crippen molar-refractivity contribution in [2.45, 2.75) is 354 Å². The maximum absolute atomic E-state index is 12.9. The molecule has 78 heavy (non-hydrogen) atoms. The number of rotatable bonds is 62. The van der Waals surface area contributed by atoms with Gasteiger partial charge in [0.1, 0.15) is 13.2 Å². The summed E-state index contributed by atoms with van der Waals surface area (Å²) in [5, 5.41) is 0. The summed E-state index contributed by atoms with van der Waals surface area (Å²) in [6, 6.07) is 0. The molecule has 452 valence electrons. The average Bonchev–Trinajstić information content (AvgIpc) is 3.44. The number of carbonyl (C=O) groups excluding carboxylic acids is 3. The van der Waals surface area contributed by atoms with E-state index in [1.54, 1.807) is 0 Å². The molecular weight excluding hydrogens is 961 g/mol. The molecular formula is C72H128O6. The van der Waals surface area contributed by atoms with Crippen LogP contribution in [0.15, 0.2) is 72.9 Å². The fraction of sp³-hybridized carbons (Fsp3) is 0.792. The molecule has 0 rings (SSSR count). The van der Waals surface area contributed by atoms with Crippen molar-refractivity contribution in [3.05, 3.63) is 72.9 Å². The summed E-state index contributed by atoms with van der Waals surface area (Å²) < 4.78 is 16.9. The Balaban J connectivity index is 4.29. The fourth-order valence-electron chi connectivity index (χ4n) is 9.77. The lowest BCUT2D eigenvalue weighted by Crippen LogP contribution is -2.30. The highest BCUT2D eigenvalue weighted by Crippen LogP contribution is 2.17. The molecule has 0 heterocycles. The summed E-state index contributed by atoms with van der Waals surface area (Å²) in [6.45, 7) is 6.61. The highest BCUT2D eigenvalue weighted by atomic mass is 16.6. The van der Waals surface area contributed by atoms with Gasteiger partial charge in [-0.3, -0.25) is 14.4 Å². The van der Waals surface area contributed by atoms with Gasteiger partial charge in [0.15, 0.2) is 6.10 Å². The van der Waals surface area contributed by atoms with Gasteiger partial charge in [-0.1, -0.05) is 286 Å². The summed E-state index contributed by atoms with van der Waals surface area (Å²) in [5.74, 6) is -0.887. The molecule has 0 saturated heterocycles. The molecule has 0 aromatic rings. The number of unbranched alkanes of at least 4 members (excludes halogenated alkanes) is 39. The van der Waals surface area contributed by atoms with Gasteiger partial charge >= 0.3 is 17.9 Å². The van der Waals surface area contributed by atoms with E-state index < -0.39 is 6.10 Å². The van der Waals surface area contributed by atoms with Crippen LogP contribution in [0.4, 0.5) is 0 Å². The van der Waals surface area contributed by atoms with Crippen LogP contribution in [0.2, 0.25) is 0 Å². The number of esters is 3. The molecule has 0 aromatic heterocycles. The number of ether oxygens (including phenoxy) is 3. The van der Waals surface area contributed by atoms with Gasteiger partial charge in [0.25, 0.3) is 0 Å². The molecule has 0 aliphatic rings. The van der Waals surface area contributed by atoms with Crippen molar-refractivity contribution in [2.24, 2.45) is 0 Å². The second-order valence-electron chi connectivity index (χ2n) is 22.7. The summed E-state index contributed by atoms with van der Waals surface area (Å²) in [5.41, 5.74) is 0. The Morgan fingerprint density at radius 3 is 0.744 bits per heavy atom. The number of hydrogen-bond donors (Lipinski definition) is 0. The predicted octanol–water partition coefficient (Wildman–Crippen LogP) is 23.3. The Labute approximate surface area is 484 Å². The Kier molecular flexibility index (Phi) is 63.7. The van der Waals surface area contributed by atoms with Crippen LogP contribution in [0.3, 0.4) is 0 Å². The highest BCUT2D eigenvalue weighted by molar-refractivity contribution is 5.71. The SMILES string of the molecule is CCCCC/C=C\C/C=C\CCCCCCCC(=O)OCC(COC(=O)CCCCCCCCCCCCCCCCC/C=C\C/C=C\CCCCCCC)OC(=O)CCCCCCCCC/C=C\C/C=C\CCCCCC. The molecule has 6 nitrogen and oxygen atoms in total. The van der Waals surface area contributed by atoms with Crippen molar-refractivity contribution in [1.82, 2.24) is 0 Å². The summed E-state index contributed by atoms with van der Waals surface area (Å²) in [4.78, 5) is 38.4. The zero-order valence-electron chi connectivity index (χ0n) is 51.9. The van der Waals surface area contributed by atoms with Crippen molar-refractivity contribution >= 4 is 17.9 Å². The molecule has 1 atom stereocenters. The van der Waals surface area contributed by atoms with E-state index in [1.807, 2.05) is 0 Å². The Morgan fingerprint density at radius 1 is 0.256 bits per heavy atom. The van der Waals surface area contributed by atoms with Crippen LogP contribution in [0.25, 0.3) is 0 Å². The highest BCUT2D eigenvalue weighted by Gasteiger charge is 2.19. The maximum atomic E-state index is 12.9. The summed E-state index contributed by atoms with van der Waals surface area (Å²) in [6.07, 6.45) is 86.3. The topological polar surface area (TPSA) is 78.9 Å². The van der Waals surface area contributed by atoms with Crippen LogP contribution >= 0.6 is 0 Å². The maximum Gasteiger partial charge on any atom is 0.306 e. The van der Waals surface area contributed by atoms with E-state index >= 15 is 0 Å². The molecule has 0 aliphatic carbocycles. The fourth-order valence-corrected chi connectivity index (χ4v) is 9.77. The Bertz CT molecular complexity index is 1440. The third kappa shape index (κ3) is 63.7. The third-order valence-corrected chi connectivity index (χ3v) is 14.9. The first-order valence-corrected chi connectivity index (χ1v) is 33.9. The zero-order valence-corrected chi connectivity index (χ0v) is 51.9. The van der Waals surface area contributed by atoms with E-state index in [0.717, 1.165) is 96.3 Å². The average molecular weight is 1090 g/mol. The van der Waals surface area contributed by atoms with Gasteiger partial charge < -0.3 is 14.2 Å². The quantitative estimate of drug-likeness (QED) is 0.0261. The van der Waals surface area contributed by atoms with Gasteiger partial charge in [-0.15, -0.1) is 0 Å². The molecule has 0 bridgehead atoms. The van der Waals surface area contributed by atoms with Crippen molar-refractivity contribution in [2.75, 3.05) is 13.2 Å². The second kappa shape index (κ2) is 66.4. The smallest absolute Gasteiger partial charge is 0.306 e. The number of allylic oxidation sites excluding steroid dienone is 12. The summed E-state index contributed by atoms with van der Waals surface area (Å²) in [7, 11) is 0. The van der Waals surface area contributed by atoms with E-state index in [9.17, 15) is 14.4 Å². The third-order valence-electron chi connectivity index (χ3n) is 14.9. The van der Waals surface area contributed by atoms with Gasteiger partial charge in [0, 0.05) is 19.3 Å². The number of hydrogen-bond acceptors (Lipinski definition) is 6. The molecule has 0 amide bonds. The lowest BCUT2D eigenvalue weighted by atomic mass is 10.0. The minimum atomic E-state index is -0.786. The minimum absolute atomic E-state index is 0.0811. The molecule has 6 heteroatoms. The van der Waals surface area contributed by atoms with Crippen LogP contribution in [0.1, 0.15) is 348 Å². The van der Waals surface area contributed by atoms with Crippen molar-refractivity contribution in [3.8, 4) is 0 Å². The molecule has 0 N–H and O–H groups in total. The van der Waals surface area contributed by atoms with Crippen LogP contribution in [-0.2, 0) is 28.6 Å². The molecule has 1 unspecified atom stereocenters. The predicted molar refractivity (Wildman–Crippen MR) is 339 cm³/mol. The first-order chi connectivity index (χ1) is 38.5. The first kappa shape index (κ1) is 74.8. The molecule has 0 radical (unpaired) electrons. The molecule has 0 fully saturated rings. The monoisotopic (exact) mass is 1090 g/mol. The van der Waals surface area contributed by atoms with Gasteiger partial charge in [-0.25, -0.2) is 0 Å². The second-order valence-corrected chi connectivity index (χ2v) is 22.7. The zero-order chi connectivity index (χ0) is 56.4. The number of carbonyl (C=O) groups is 3. The molecule has 0 spiro atoms. The minimum Gasteiger partial charge on any atom is -0.462 e. The van der Waals surface area contributed by atoms with E-state index in [2.05, 4.69) is 93.7 Å². The van der Waals surface area contributed by atoms with E-state index in [1.165, 1.54) is 212 Å². The van der Waals surface area contributed by atoms with E-state index in [-0.39, 0.29) is 31.1 Å². The van der Waals surface area contributed by atoms with Gasteiger partial charge in [-0.2, -0.15) is 0 Å². The van der Waals surface area contributed by atoms with E-state index in [0.29, 0.717) is 19.3 Å². The van der Waals surface area contributed by atoms with Gasteiger partial charge in [-0.05, 0) is 116 Å². The Morgan fingerprint density at radius 2 is 0.462 bits per heavy atom. The standard InChI is InChI=1S/C72H128O6/c1-4-7-10-13-16-19-22-25-28-30-32-33-34-35-36-37-38-39-40-42-44-47-50-53-56-59-62-65-71(74)77-68-69(67-76-70(73)64-61-58-55-52-49-46-43-27-24-21-18-15-12-9-6-3)78-72(75)66-63-60-57-54-51-48-45-41-31-29-26-23-20-17-14-11-8-5-2/h18,20-23,25,27,29-32,43,69H,4-17,19,24,26,28,33-42,44-68H2,1-3H3/b21-18-,23-20-,25-22-,31-29-,32-30-,43-27-. The van der Waals surface area contributed by atoms with Crippen LogP contribution in [-0.4, -0.2) is 37.2 Å². The van der Waals surface area contributed by atoms with Gasteiger partial charge in [0.2, 0.25) is 0 Å². The van der Waals surface area contributed by atoms with Gasteiger partial charge in [0.05, 0.1) is 0 Å². The van der Waals surface area contributed by atoms with Crippen molar-refractivity contribution in [3.63, 3.8) is 0 Å². The van der Waals surface area contributed by atoms with Crippen LogP contribution in [0, 0.1) is 0 Å². The first-order valence-electron chi connectivity index (χ1n) is 33.9. The normalized spacial score (nSPS) is 12.5. The lowest BCUT2D eigenvalue weighted by Gasteiger charge is -2.18. The summed E-state index contributed by atoms with van der Waals surface area (Å²) >= 11 is 0. The van der Waals surface area contributed by atoms with E-state index in [4.69, 9.17) is 14.2 Å². The van der Waals surface area contributed by atoms with Crippen molar-refractivity contribution in [1.29, 1.82) is 0 Å². The lowest BCUT2D eigenvalue weighted by molar-refractivity contribution is -0.167. The molecule has 0 saturated carbocycles. The Hall–Kier alpha value is -3.15. The van der Waals surface area contributed by atoms with Crippen molar-refractivity contribution < 1.29 is 28.6 Å². The largest absolute Gasteiger partial charge is 0.462 e. The van der Waals surface area contributed by atoms with Crippen LogP contribution < -0.4 is 0 Å². The van der Waals surface area contributed by atoms with Crippen LogP contribution in [0.5, 0.6) is 0 Å².